The van der Waals surface area contributed by atoms with E-state index >= 15 is 0 Å². The van der Waals surface area contributed by atoms with Gasteiger partial charge in [0.1, 0.15) is 4.32 Å². The van der Waals surface area contributed by atoms with E-state index in [1.54, 1.807) is 0 Å². The monoisotopic (exact) mass is 336 g/mol. The summed E-state index contributed by atoms with van der Waals surface area (Å²) in [5.41, 5.74) is 3.38. The highest BCUT2D eigenvalue weighted by atomic mass is 32.2. The fourth-order valence-electron chi connectivity index (χ4n) is 2.70. The van der Waals surface area contributed by atoms with Gasteiger partial charge in [0, 0.05) is 18.8 Å². The number of benzene rings is 1. The van der Waals surface area contributed by atoms with Crippen molar-refractivity contribution in [2.75, 3.05) is 24.2 Å². The molecule has 1 amide bonds. The number of nitrogens with one attached hydrogen (secondary N) is 1. The van der Waals surface area contributed by atoms with Gasteiger partial charge in [-0.3, -0.25) is 4.79 Å². The highest BCUT2D eigenvalue weighted by Gasteiger charge is 2.17. The number of carbonyl (C=O) groups excluding carboxylic acids is 1. The molecule has 1 aliphatic heterocycles. The van der Waals surface area contributed by atoms with Gasteiger partial charge in [-0.05, 0) is 36.8 Å². The lowest BCUT2D eigenvalue weighted by Gasteiger charge is -2.18. The first-order valence-electron chi connectivity index (χ1n) is 7.98. The number of aryl methyl sites for hydroxylation is 2. The third-order valence-electron chi connectivity index (χ3n) is 3.95. The van der Waals surface area contributed by atoms with Gasteiger partial charge in [-0.2, -0.15) is 0 Å². The third-order valence-corrected chi connectivity index (χ3v) is 5.48. The van der Waals surface area contributed by atoms with Crippen LogP contribution in [0.2, 0.25) is 0 Å². The van der Waals surface area contributed by atoms with Crippen LogP contribution < -0.4 is 5.32 Å². The number of carbonyl (C=O) groups is 1. The largest absolute Gasteiger partial charge is 0.358 e. The minimum Gasteiger partial charge on any atom is -0.358 e. The molecule has 0 bridgehead atoms. The fourth-order valence-corrected chi connectivity index (χ4v) is 3.75. The first-order valence-corrected chi connectivity index (χ1v) is 9.37. The average molecular weight is 337 g/mol. The van der Waals surface area contributed by atoms with Gasteiger partial charge in [-0.25, -0.2) is 0 Å². The molecule has 0 spiro atoms. The molecular weight excluding hydrogens is 312 g/mol. The van der Waals surface area contributed by atoms with E-state index < -0.39 is 0 Å². The lowest BCUT2D eigenvalue weighted by molar-refractivity contribution is -0.113. The second-order valence-electron chi connectivity index (χ2n) is 5.46. The van der Waals surface area contributed by atoms with E-state index in [2.05, 4.69) is 42.3 Å². The number of nitrogens with zero attached hydrogens (tertiary/aromatic N) is 1. The molecule has 2 rings (SSSR count). The Morgan fingerprint density at radius 1 is 1.23 bits per heavy atom. The Morgan fingerprint density at radius 2 is 1.82 bits per heavy atom. The minimum absolute atomic E-state index is 0.0298. The second-order valence-corrected chi connectivity index (χ2v) is 7.06. The molecular formula is C17H24N2OS2. The summed E-state index contributed by atoms with van der Waals surface area (Å²) in [6.07, 6.45) is 4.25. The fraction of sp³-hybridized carbons (Fsp3) is 0.529. The normalized spacial score (nSPS) is 14.2. The van der Waals surface area contributed by atoms with Crippen LogP contribution in [-0.4, -0.2) is 34.0 Å². The maximum atomic E-state index is 12.3. The van der Waals surface area contributed by atoms with Gasteiger partial charge in [0.05, 0.1) is 5.75 Å². The van der Waals surface area contributed by atoms with E-state index in [9.17, 15) is 4.79 Å². The number of rotatable bonds is 5. The molecule has 1 heterocycles. The van der Waals surface area contributed by atoms with Gasteiger partial charge in [-0.15, -0.1) is 0 Å². The second kappa shape index (κ2) is 8.53. The maximum absolute atomic E-state index is 12.3. The zero-order valence-corrected chi connectivity index (χ0v) is 15.0. The summed E-state index contributed by atoms with van der Waals surface area (Å²) in [7, 11) is 0. The van der Waals surface area contributed by atoms with Crippen LogP contribution in [0.15, 0.2) is 18.2 Å². The third kappa shape index (κ3) is 4.46. The molecule has 1 saturated heterocycles. The van der Waals surface area contributed by atoms with Crippen LogP contribution in [0.3, 0.4) is 0 Å². The quantitative estimate of drug-likeness (QED) is 0.828. The number of hydrogen-bond donors (Lipinski definition) is 1. The zero-order chi connectivity index (χ0) is 15.9. The lowest BCUT2D eigenvalue weighted by atomic mass is 10.0. The molecule has 3 nitrogen and oxygen atoms in total. The summed E-state index contributed by atoms with van der Waals surface area (Å²) >= 11 is 6.88. The molecule has 0 saturated carbocycles. The molecule has 22 heavy (non-hydrogen) atoms. The summed E-state index contributed by atoms with van der Waals surface area (Å²) in [5, 5.41) is 3.09. The molecule has 1 N–H and O–H groups in total. The van der Waals surface area contributed by atoms with Crippen LogP contribution in [0, 0.1) is 0 Å². The summed E-state index contributed by atoms with van der Waals surface area (Å²) in [6, 6.07) is 6.22. The predicted octanol–water partition coefficient (Wildman–Crippen LogP) is 3.86. The van der Waals surface area contributed by atoms with Crippen molar-refractivity contribution >= 4 is 39.9 Å². The van der Waals surface area contributed by atoms with Crippen molar-refractivity contribution in [3.8, 4) is 0 Å². The van der Waals surface area contributed by atoms with Gasteiger partial charge in [0.2, 0.25) is 5.91 Å². The van der Waals surface area contributed by atoms with E-state index in [-0.39, 0.29) is 5.91 Å². The molecule has 5 heteroatoms. The molecule has 1 aliphatic rings. The van der Waals surface area contributed by atoms with Crippen LogP contribution in [0.5, 0.6) is 0 Å². The average Bonchev–Trinajstić information content (AvgIpc) is 3.07. The van der Waals surface area contributed by atoms with E-state index in [0.29, 0.717) is 5.75 Å². The van der Waals surface area contributed by atoms with E-state index in [1.807, 2.05) is 0 Å². The Bertz CT molecular complexity index is 517. The molecule has 0 atom stereocenters. The summed E-state index contributed by atoms with van der Waals surface area (Å²) < 4.78 is 0.854. The Balaban J connectivity index is 1.93. The molecule has 1 aromatic carbocycles. The Labute approximate surface area is 142 Å². The van der Waals surface area contributed by atoms with E-state index in [1.165, 1.54) is 35.7 Å². The van der Waals surface area contributed by atoms with Gasteiger partial charge in [0.25, 0.3) is 0 Å². The van der Waals surface area contributed by atoms with E-state index in [0.717, 1.165) is 35.9 Å². The maximum Gasteiger partial charge on any atom is 0.234 e. The van der Waals surface area contributed by atoms with Crippen LogP contribution in [0.1, 0.15) is 37.8 Å². The van der Waals surface area contributed by atoms with Crippen molar-refractivity contribution in [2.24, 2.45) is 0 Å². The van der Waals surface area contributed by atoms with Crippen molar-refractivity contribution in [1.82, 2.24) is 4.90 Å². The number of thioether (sulfide) groups is 1. The van der Waals surface area contributed by atoms with Crippen molar-refractivity contribution in [3.05, 3.63) is 29.3 Å². The van der Waals surface area contributed by atoms with Gasteiger partial charge < -0.3 is 10.2 Å². The summed E-state index contributed by atoms with van der Waals surface area (Å²) in [4.78, 5) is 14.5. The number of hydrogen-bond acceptors (Lipinski definition) is 3. The van der Waals surface area contributed by atoms with Crippen molar-refractivity contribution in [2.45, 2.75) is 39.5 Å². The topological polar surface area (TPSA) is 32.3 Å². The van der Waals surface area contributed by atoms with Crippen molar-refractivity contribution in [3.63, 3.8) is 0 Å². The minimum atomic E-state index is 0.0298. The highest BCUT2D eigenvalue weighted by molar-refractivity contribution is 8.23. The summed E-state index contributed by atoms with van der Waals surface area (Å²) in [6.45, 7) is 6.29. The highest BCUT2D eigenvalue weighted by Crippen LogP contribution is 2.23. The van der Waals surface area contributed by atoms with Crippen molar-refractivity contribution in [1.29, 1.82) is 0 Å². The number of likely N-dealkylation sites (tertiary alicyclic amines) is 1. The lowest BCUT2D eigenvalue weighted by Crippen LogP contribution is -2.25. The zero-order valence-electron chi connectivity index (χ0n) is 13.4. The number of thiocarbonyl (C=S) groups is 1. The first-order chi connectivity index (χ1) is 10.7. The SMILES string of the molecule is CCc1cccc(CC)c1NC(=O)CSC(=S)N1CCCC1. The summed E-state index contributed by atoms with van der Waals surface area (Å²) in [5.74, 6) is 0.415. The van der Waals surface area contributed by atoms with Crippen molar-refractivity contribution < 1.29 is 4.79 Å². The molecule has 1 fully saturated rings. The number of amides is 1. The predicted molar refractivity (Wildman–Crippen MR) is 99.7 cm³/mol. The molecule has 0 aliphatic carbocycles. The number of para-hydroxylation sites is 1. The van der Waals surface area contributed by atoms with Crippen LogP contribution in [0.4, 0.5) is 5.69 Å². The molecule has 0 radical (unpaired) electrons. The first kappa shape index (κ1) is 17.3. The molecule has 0 aromatic heterocycles. The Hall–Kier alpha value is -1.07. The van der Waals surface area contributed by atoms with Gasteiger partial charge in [0.15, 0.2) is 0 Å². The van der Waals surface area contributed by atoms with Crippen LogP contribution >= 0.6 is 24.0 Å². The standard InChI is InChI=1S/C17H24N2OS2/c1-3-13-8-7-9-14(4-2)16(13)18-15(20)12-22-17(21)19-10-5-6-11-19/h7-9H,3-6,10-12H2,1-2H3,(H,18,20). The molecule has 1 aromatic rings. The van der Waals surface area contributed by atoms with Gasteiger partial charge >= 0.3 is 0 Å². The Morgan fingerprint density at radius 3 is 2.36 bits per heavy atom. The van der Waals surface area contributed by atoms with Crippen LogP contribution in [-0.2, 0) is 17.6 Å². The molecule has 0 unspecified atom stereocenters. The van der Waals surface area contributed by atoms with Crippen LogP contribution in [0.25, 0.3) is 0 Å². The van der Waals surface area contributed by atoms with E-state index in [4.69, 9.17) is 12.2 Å². The smallest absolute Gasteiger partial charge is 0.234 e. The number of anilines is 1. The molecule has 120 valence electrons. The van der Waals surface area contributed by atoms with Gasteiger partial charge in [-0.1, -0.05) is 56.0 Å². The Kier molecular flexibility index (Phi) is 6.70.